The largest absolute Gasteiger partial charge is 0.394 e. The number of aliphatic hydroxyl groups excluding tert-OH is 2. The summed E-state index contributed by atoms with van der Waals surface area (Å²) in [4.78, 5) is 13.6. The lowest BCUT2D eigenvalue weighted by Crippen LogP contribution is -2.20. The molecule has 5 rings (SSSR count). The van der Waals surface area contributed by atoms with Crippen molar-refractivity contribution in [3.63, 3.8) is 0 Å². The Morgan fingerprint density at radius 3 is 2.47 bits per heavy atom. The van der Waals surface area contributed by atoms with Crippen LogP contribution in [0.1, 0.15) is 35.4 Å². The molecule has 8 nitrogen and oxygen atoms in total. The quantitative estimate of drug-likeness (QED) is 0.429. The van der Waals surface area contributed by atoms with E-state index in [0.29, 0.717) is 17.6 Å². The zero-order chi connectivity index (χ0) is 22.1. The number of benzene rings is 2. The third kappa shape index (κ3) is 3.84. The first-order valence-electron chi connectivity index (χ1n) is 10.7. The topological polar surface area (TPSA) is 119 Å². The van der Waals surface area contributed by atoms with Crippen LogP contribution in [0.25, 0.3) is 11.2 Å². The van der Waals surface area contributed by atoms with E-state index in [2.05, 4.69) is 39.2 Å². The highest BCUT2D eigenvalue weighted by atomic mass is 16.5. The van der Waals surface area contributed by atoms with Gasteiger partial charge in [-0.15, -0.1) is 0 Å². The van der Waals surface area contributed by atoms with Gasteiger partial charge in [0, 0.05) is 12.3 Å². The van der Waals surface area contributed by atoms with E-state index >= 15 is 0 Å². The number of nitrogens with zero attached hydrogens (tertiary/aromatic N) is 4. The van der Waals surface area contributed by atoms with Crippen molar-refractivity contribution in [1.29, 1.82) is 0 Å². The number of nitrogens with two attached hydrogens (primary N) is 1. The van der Waals surface area contributed by atoms with Crippen molar-refractivity contribution in [2.45, 2.75) is 37.2 Å². The predicted octanol–water partition coefficient (Wildman–Crippen LogP) is 2.42. The van der Waals surface area contributed by atoms with Gasteiger partial charge in [0.25, 0.3) is 0 Å². The fourth-order valence-electron chi connectivity index (χ4n) is 4.39. The molecule has 4 atom stereocenters. The van der Waals surface area contributed by atoms with Crippen molar-refractivity contribution >= 4 is 17.1 Å². The van der Waals surface area contributed by atoms with Gasteiger partial charge in [0.1, 0.15) is 11.6 Å². The summed E-state index contributed by atoms with van der Waals surface area (Å²) in [6, 6.07) is 20.4. The lowest BCUT2D eigenvalue weighted by Gasteiger charge is -2.19. The summed E-state index contributed by atoms with van der Waals surface area (Å²) in [5.74, 6) is 0.0452. The van der Waals surface area contributed by atoms with Crippen molar-refractivity contribution in [2.24, 2.45) is 0 Å². The molecule has 1 aliphatic rings. The fraction of sp³-hybridized carbons (Fsp3) is 0.292. The summed E-state index contributed by atoms with van der Waals surface area (Å²) in [6.45, 7) is -0.157. The summed E-state index contributed by atoms with van der Waals surface area (Å²) in [5.41, 5.74) is 10.3. The van der Waals surface area contributed by atoms with E-state index < -0.39 is 18.4 Å². The zero-order valence-electron chi connectivity index (χ0n) is 17.5. The molecule has 32 heavy (non-hydrogen) atoms. The van der Waals surface area contributed by atoms with E-state index in [1.54, 1.807) is 10.9 Å². The van der Waals surface area contributed by atoms with E-state index in [-0.39, 0.29) is 18.5 Å². The van der Waals surface area contributed by atoms with Gasteiger partial charge in [-0.3, -0.25) is 4.57 Å². The molecule has 4 unspecified atom stereocenters. The minimum atomic E-state index is -0.779. The van der Waals surface area contributed by atoms with Crippen LogP contribution in [0.3, 0.4) is 0 Å². The van der Waals surface area contributed by atoms with Gasteiger partial charge in [-0.05, 0) is 17.5 Å². The normalized spacial score (nSPS) is 21.8. The molecule has 1 saturated heterocycles. The first-order valence-corrected chi connectivity index (χ1v) is 10.7. The van der Waals surface area contributed by atoms with Gasteiger partial charge in [0.15, 0.2) is 11.9 Å². The molecule has 0 saturated carbocycles. The number of hydrogen-bond donors (Lipinski definition) is 3. The molecule has 4 N–H and O–H groups in total. The van der Waals surface area contributed by atoms with Crippen LogP contribution in [0, 0.1) is 0 Å². The number of anilines is 1. The number of aromatic nitrogens is 4. The average molecular weight is 431 g/mol. The van der Waals surface area contributed by atoms with Crippen molar-refractivity contribution in [2.75, 3.05) is 12.3 Å². The van der Waals surface area contributed by atoms with Gasteiger partial charge < -0.3 is 20.7 Å². The third-order valence-electron chi connectivity index (χ3n) is 5.92. The zero-order valence-corrected chi connectivity index (χ0v) is 17.5. The van der Waals surface area contributed by atoms with Gasteiger partial charge >= 0.3 is 0 Å². The second kappa shape index (κ2) is 8.66. The van der Waals surface area contributed by atoms with Crippen molar-refractivity contribution in [1.82, 2.24) is 19.5 Å². The Kier molecular flexibility index (Phi) is 5.57. The maximum Gasteiger partial charge on any atom is 0.222 e. The highest BCUT2D eigenvalue weighted by Gasteiger charge is 2.36. The van der Waals surface area contributed by atoms with Gasteiger partial charge in [0.05, 0.1) is 24.7 Å². The van der Waals surface area contributed by atoms with Crippen LogP contribution in [-0.4, -0.2) is 48.5 Å². The van der Waals surface area contributed by atoms with E-state index in [1.807, 2.05) is 36.4 Å². The van der Waals surface area contributed by atoms with Gasteiger partial charge in [-0.2, -0.15) is 4.98 Å². The van der Waals surface area contributed by atoms with Gasteiger partial charge in [-0.1, -0.05) is 60.7 Å². The van der Waals surface area contributed by atoms with Crippen LogP contribution in [0.5, 0.6) is 0 Å². The number of nitrogen functional groups attached to an aromatic ring is 1. The molecule has 2 aromatic heterocycles. The number of aliphatic hydroxyl groups is 2. The Balaban J connectivity index is 1.62. The van der Waals surface area contributed by atoms with Gasteiger partial charge in [-0.25, -0.2) is 9.97 Å². The maximum absolute atomic E-state index is 10.5. The Hall–Kier alpha value is -3.33. The van der Waals surface area contributed by atoms with E-state index in [0.717, 1.165) is 17.7 Å². The Bertz CT molecular complexity index is 1200. The summed E-state index contributed by atoms with van der Waals surface area (Å²) in [5, 5.41) is 19.9. The monoisotopic (exact) mass is 431 g/mol. The molecule has 4 aromatic rings. The molecular formula is C24H25N5O3. The summed E-state index contributed by atoms with van der Waals surface area (Å²) in [7, 11) is 0. The maximum atomic E-state index is 10.5. The molecule has 1 fully saturated rings. The molecule has 0 spiro atoms. The number of hydrogen-bond acceptors (Lipinski definition) is 7. The Labute approximate surface area is 185 Å². The minimum Gasteiger partial charge on any atom is -0.394 e. The van der Waals surface area contributed by atoms with E-state index in [4.69, 9.17) is 10.5 Å². The van der Waals surface area contributed by atoms with Crippen molar-refractivity contribution < 1.29 is 14.9 Å². The highest BCUT2D eigenvalue weighted by Crippen LogP contribution is 2.35. The highest BCUT2D eigenvalue weighted by molar-refractivity contribution is 5.76. The predicted molar refractivity (Wildman–Crippen MR) is 120 cm³/mol. The van der Waals surface area contributed by atoms with E-state index in [1.165, 1.54) is 5.56 Å². The molecular weight excluding hydrogens is 406 g/mol. The summed E-state index contributed by atoms with van der Waals surface area (Å²) >= 11 is 0. The summed E-state index contributed by atoms with van der Waals surface area (Å²) < 4.78 is 7.50. The van der Waals surface area contributed by atoms with Crippen LogP contribution in [0.4, 0.5) is 5.95 Å². The van der Waals surface area contributed by atoms with Crippen LogP contribution in [-0.2, 0) is 11.2 Å². The number of ether oxygens (including phenoxy) is 1. The SMILES string of the molecule is Nc1nc(C(Cc2ccccc2)c2ccccc2)c2ncn(C3OC(CO)CC3O)c2n1. The molecule has 0 radical (unpaired) electrons. The van der Waals surface area contributed by atoms with Crippen LogP contribution in [0.2, 0.25) is 0 Å². The minimum absolute atomic E-state index is 0.0886. The smallest absolute Gasteiger partial charge is 0.222 e. The van der Waals surface area contributed by atoms with Crippen LogP contribution in [0.15, 0.2) is 67.0 Å². The molecule has 0 amide bonds. The lowest BCUT2D eigenvalue weighted by molar-refractivity contribution is -0.0486. The molecule has 2 aromatic carbocycles. The molecule has 164 valence electrons. The summed E-state index contributed by atoms with van der Waals surface area (Å²) in [6.07, 6.45) is 0.761. The lowest BCUT2D eigenvalue weighted by atomic mass is 9.88. The second-order valence-corrected chi connectivity index (χ2v) is 8.08. The van der Waals surface area contributed by atoms with E-state index in [9.17, 15) is 10.2 Å². The number of rotatable bonds is 6. The first kappa shape index (κ1) is 20.6. The van der Waals surface area contributed by atoms with Crippen LogP contribution < -0.4 is 5.73 Å². The molecule has 8 heteroatoms. The molecule has 3 heterocycles. The van der Waals surface area contributed by atoms with Crippen molar-refractivity contribution in [3.8, 4) is 0 Å². The fourth-order valence-corrected chi connectivity index (χ4v) is 4.39. The number of imidazole rings is 1. The Morgan fingerprint density at radius 2 is 1.78 bits per heavy atom. The van der Waals surface area contributed by atoms with Crippen molar-refractivity contribution in [3.05, 3.63) is 83.8 Å². The Morgan fingerprint density at radius 1 is 1.06 bits per heavy atom. The third-order valence-corrected chi connectivity index (χ3v) is 5.92. The standard InChI is InChI=1S/C24H25N5O3/c25-24-27-20(18(16-9-5-2-6-10-16)11-15-7-3-1-4-8-15)21-22(28-24)29(14-26-21)23-19(31)12-17(13-30)32-23/h1-10,14,17-19,23,30-31H,11-13H2,(H2,25,27,28). The second-order valence-electron chi connectivity index (χ2n) is 8.08. The van der Waals surface area contributed by atoms with Gasteiger partial charge in [0.2, 0.25) is 5.95 Å². The first-order chi connectivity index (χ1) is 15.6. The van der Waals surface area contributed by atoms with Crippen LogP contribution >= 0.6 is 0 Å². The molecule has 0 aliphatic carbocycles. The average Bonchev–Trinajstić information content (AvgIpc) is 3.41. The molecule has 1 aliphatic heterocycles. The molecule has 0 bridgehead atoms. The number of fused-ring (bicyclic) bond motifs is 1.